The number of carboxylic acid groups (broad SMARTS) is 1. The molecule has 8 nitrogen and oxygen atoms in total. The van der Waals surface area contributed by atoms with Crippen LogP contribution in [0.15, 0.2) is 65.6 Å². The third-order valence-corrected chi connectivity index (χ3v) is 8.02. The van der Waals surface area contributed by atoms with Gasteiger partial charge in [-0.05, 0) is 48.5 Å². The van der Waals surface area contributed by atoms with Gasteiger partial charge in [0.25, 0.3) is 0 Å². The Morgan fingerprint density at radius 3 is 2.15 bits per heavy atom. The lowest BCUT2D eigenvalue weighted by atomic mass is 10.1. The molecule has 2 aliphatic rings. The molecule has 11 heteroatoms. The van der Waals surface area contributed by atoms with Gasteiger partial charge in [-0.3, -0.25) is 4.79 Å². The Kier molecular flexibility index (Phi) is 7.27. The normalized spacial score (nSPS) is 15.9. The molecule has 1 aromatic heterocycles. The number of hydrogen-bond acceptors (Lipinski definition) is 6. The molecule has 4 aromatic rings. The molecular formula is C30H27ClF2N4O4. The number of anilines is 3. The van der Waals surface area contributed by atoms with Gasteiger partial charge < -0.3 is 29.1 Å². The van der Waals surface area contributed by atoms with Crippen LogP contribution in [-0.4, -0.2) is 68.1 Å². The molecule has 0 aliphatic carbocycles. The maximum Gasteiger partial charge on any atom is 0.341 e. The molecule has 2 aliphatic heterocycles. The fourth-order valence-corrected chi connectivity index (χ4v) is 5.95. The summed E-state index contributed by atoms with van der Waals surface area (Å²) in [5, 5.41) is 9.71. The van der Waals surface area contributed by atoms with E-state index in [1.54, 1.807) is 22.8 Å². The van der Waals surface area contributed by atoms with Crippen LogP contribution in [-0.2, 0) is 4.74 Å². The van der Waals surface area contributed by atoms with Crippen molar-refractivity contribution in [1.29, 1.82) is 0 Å². The average Bonchev–Trinajstić information content (AvgIpc) is 2.99. The number of pyridine rings is 1. The van der Waals surface area contributed by atoms with Gasteiger partial charge in [-0.1, -0.05) is 17.7 Å². The van der Waals surface area contributed by atoms with Gasteiger partial charge in [0.15, 0.2) is 0 Å². The van der Waals surface area contributed by atoms with Crippen LogP contribution in [0, 0.1) is 11.6 Å². The Bertz CT molecular complexity index is 1680. The van der Waals surface area contributed by atoms with E-state index in [0.717, 1.165) is 17.4 Å². The molecule has 3 aromatic carbocycles. The first kappa shape index (κ1) is 27.0. The zero-order valence-electron chi connectivity index (χ0n) is 22.0. The van der Waals surface area contributed by atoms with E-state index in [1.807, 2.05) is 23.1 Å². The van der Waals surface area contributed by atoms with Crippen LogP contribution in [0.5, 0.6) is 0 Å². The Balaban J connectivity index is 1.44. The molecule has 0 radical (unpaired) electrons. The van der Waals surface area contributed by atoms with Gasteiger partial charge in [-0.25, -0.2) is 13.6 Å². The molecule has 0 spiro atoms. The topological polar surface area (TPSA) is 78.2 Å². The predicted octanol–water partition coefficient (Wildman–Crippen LogP) is 4.78. The highest BCUT2D eigenvalue weighted by molar-refractivity contribution is 6.38. The lowest BCUT2D eigenvalue weighted by Gasteiger charge is -2.38. The number of halogens is 3. The Labute approximate surface area is 239 Å². The summed E-state index contributed by atoms with van der Waals surface area (Å²) >= 11 is 6.93. The lowest BCUT2D eigenvalue weighted by Crippen LogP contribution is -2.47. The number of carboxylic acids is 1. The smallest absolute Gasteiger partial charge is 0.341 e. The highest BCUT2D eigenvalue weighted by Crippen LogP contribution is 2.38. The summed E-state index contributed by atoms with van der Waals surface area (Å²) in [6.07, 6.45) is 1.26. The second-order valence-corrected chi connectivity index (χ2v) is 10.4. The molecule has 2 saturated heterocycles. The number of carbonyl (C=O) groups is 1. The highest BCUT2D eigenvalue weighted by atomic mass is 35.5. The Hall–Kier alpha value is -4.15. The minimum atomic E-state index is -1.41. The van der Waals surface area contributed by atoms with Crippen molar-refractivity contribution < 1.29 is 23.4 Å². The third-order valence-electron chi connectivity index (χ3n) is 7.66. The van der Waals surface area contributed by atoms with Crippen LogP contribution in [0.3, 0.4) is 0 Å². The van der Waals surface area contributed by atoms with Gasteiger partial charge in [0.05, 0.1) is 34.8 Å². The summed E-state index contributed by atoms with van der Waals surface area (Å²) < 4.78 is 36.1. The average molecular weight is 581 g/mol. The Morgan fingerprint density at radius 1 is 0.829 bits per heavy atom. The van der Waals surface area contributed by atoms with Crippen molar-refractivity contribution in [2.24, 2.45) is 0 Å². The van der Waals surface area contributed by atoms with Crippen LogP contribution >= 0.6 is 11.6 Å². The number of benzene rings is 3. The fourth-order valence-electron chi connectivity index (χ4n) is 5.55. The number of morpholine rings is 1. The second kappa shape index (κ2) is 11.0. The summed E-state index contributed by atoms with van der Waals surface area (Å²) in [4.78, 5) is 31.3. The van der Waals surface area contributed by atoms with Crippen molar-refractivity contribution >= 4 is 45.5 Å². The van der Waals surface area contributed by atoms with Crippen molar-refractivity contribution in [3.05, 3.63) is 93.2 Å². The summed E-state index contributed by atoms with van der Waals surface area (Å²) in [7, 11) is 0. The highest BCUT2D eigenvalue weighted by Gasteiger charge is 2.27. The van der Waals surface area contributed by atoms with E-state index in [0.29, 0.717) is 58.2 Å². The SMILES string of the molecule is O=C(O)c1cn(-c2cccc(N3CCOCC3)c2)c2c(Cl)c(N3CCN(c4ccc(F)cc4)CC3)c(F)cc2c1=O. The van der Waals surface area contributed by atoms with Crippen LogP contribution in [0.1, 0.15) is 10.4 Å². The number of ether oxygens (including phenoxy) is 1. The summed E-state index contributed by atoms with van der Waals surface area (Å²) in [6.45, 7) is 4.56. The van der Waals surface area contributed by atoms with Crippen molar-refractivity contribution in [2.45, 2.75) is 0 Å². The van der Waals surface area contributed by atoms with Crippen LogP contribution in [0.4, 0.5) is 25.8 Å². The molecule has 0 amide bonds. The summed E-state index contributed by atoms with van der Waals surface area (Å²) in [6, 6.07) is 14.8. The number of hydrogen-bond donors (Lipinski definition) is 1. The van der Waals surface area contributed by atoms with Crippen LogP contribution in [0.25, 0.3) is 16.6 Å². The predicted molar refractivity (Wildman–Crippen MR) is 155 cm³/mol. The number of fused-ring (bicyclic) bond motifs is 1. The van der Waals surface area contributed by atoms with Crippen LogP contribution in [0.2, 0.25) is 5.02 Å². The fraction of sp³-hybridized carbons (Fsp3) is 0.267. The van der Waals surface area contributed by atoms with Crippen molar-refractivity contribution in [2.75, 3.05) is 67.2 Å². The minimum absolute atomic E-state index is 0.0287. The molecular weight excluding hydrogens is 554 g/mol. The number of rotatable bonds is 5. The maximum atomic E-state index is 15.7. The van der Waals surface area contributed by atoms with E-state index in [-0.39, 0.29) is 27.4 Å². The summed E-state index contributed by atoms with van der Waals surface area (Å²) in [5.74, 6) is -2.43. The first-order valence-electron chi connectivity index (χ1n) is 13.3. The standard InChI is InChI=1S/C30H27ClF2N4O4/c31-26-27-23(17-25(33)28(26)36-10-8-34(9-11-36)20-6-4-19(32)5-7-20)29(38)24(30(39)40)18-37(27)22-3-1-2-21(16-22)35-12-14-41-15-13-35/h1-7,16-18H,8-15H2,(H,39,40). The molecule has 3 heterocycles. The molecule has 2 fully saturated rings. The molecule has 0 unspecified atom stereocenters. The van der Waals surface area contributed by atoms with E-state index in [2.05, 4.69) is 9.80 Å². The van der Waals surface area contributed by atoms with E-state index in [1.165, 1.54) is 18.3 Å². The first-order chi connectivity index (χ1) is 19.8. The van der Waals surface area contributed by atoms with Crippen LogP contribution < -0.4 is 20.1 Å². The molecule has 212 valence electrons. The quantitative estimate of drug-likeness (QED) is 0.364. The third kappa shape index (κ3) is 5.09. The number of aromatic carboxylic acids is 1. The van der Waals surface area contributed by atoms with Gasteiger partial charge >= 0.3 is 5.97 Å². The largest absolute Gasteiger partial charge is 0.477 e. The Morgan fingerprint density at radius 2 is 1.46 bits per heavy atom. The van der Waals surface area contributed by atoms with Gasteiger partial charge in [0.1, 0.15) is 17.2 Å². The van der Waals surface area contributed by atoms with E-state index >= 15 is 4.39 Å². The molecule has 0 atom stereocenters. The van der Waals surface area contributed by atoms with E-state index < -0.39 is 22.8 Å². The van der Waals surface area contributed by atoms with Gasteiger partial charge in [0, 0.05) is 62.5 Å². The second-order valence-electron chi connectivity index (χ2n) is 10.0. The number of nitrogens with zero attached hydrogens (tertiary/aromatic N) is 4. The zero-order chi connectivity index (χ0) is 28.7. The van der Waals surface area contributed by atoms with Crippen molar-refractivity contribution in [3.8, 4) is 5.69 Å². The van der Waals surface area contributed by atoms with E-state index in [9.17, 15) is 19.1 Å². The zero-order valence-corrected chi connectivity index (χ0v) is 22.8. The van der Waals surface area contributed by atoms with Gasteiger partial charge in [-0.15, -0.1) is 0 Å². The minimum Gasteiger partial charge on any atom is -0.477 e. The van der Waals surface area contributed by atoms with E-state index in [4.69, 9.17) is 16.3 Å². The monoisotopic (exact) mass is 580 g/mol. The molecule has 0 bridgehead atoms. The molecule has 1 N–H and O–H groups in total. The molecule has 0 saturated carbocycles. The van der Waals surface area contributed by atoms with Crippen molar-refractivity contribution in [1.82, 2.24) is 4.57 Å². The van der Waals surface area contributed by atoms with Crippen molar-refractivity contribution in [3.63, 3.8) is 0 Å². The maximum absolute atomic E-state index is 15.7. The molecule has 41 heavy (non-hydrogen) atoms. The number of aromatic nitrogens is 1. The first-order valence-corrected chi connectivity index (χ1v) is 13.7. The van der Waals surface area contributed by atoms with Gasteiger partial charge in [0.2, 0.25) is 5.43 Å². The lowest BCUT2D eigenvalue weighted by molar-refractivity contribution is 0.0695. The van der Waals surface area contributed by atoms with Gasteiger partial charge in [-0.2, -0.15) is 0 Å². The summed E-state index contributed by atoms with van der Waals surface area (Å²) in [5.41, 5.74) is 1.46. The molecule has 6 rings (SSSR count). The number of piperazine rings is 1.